The van der Waals surface area contributed by atoms with Crippen LogP contribution in [0.3, 0.4) is 0 Å². The SMILES string of the molecule is CNC(C)c1c(OC)cccc1Sc1nc(N)cc(N)n1. The van der Waals surface area contributed by atoms with Gasteiger partial charge in [-0.2, -0.15) is 0 Å². The van der Waals surface area contributed by atoms with Crippen molar-refractivity contribution in [2.75, 3.05) is 25.6 Å². The fraction of sp³-hybridized carbons (Fsp3) is 0.286. The van der Waals surface area contributed by atoms with Crippen LogP contribution in [0.5, 0.6) is 5.75 Å². The molecule has 0 aliphatic rings. The molecule has 1 atom stereocenters. The van der Waals surface area contributed by atoms with Crippen molar-refractivity contribution in [3.05, 3.63) is 29.8 Å². The van der Waals surface area contributed by atoms with E-state index >= 15 is 0 Å². The van der Waals surface area contributed by atoms with Crippen LogP contribution in [0.2, 0.25) is 0 Å². The quantitative estimate of drug-likeness (QED) is 0.727. The number of hydrogen-bond acceptors (Lipinski definition) is 7. The molecule has 0 aliphatic carbocycles. The summed E-state index contributed by atoms with van der Waals surface area (Å²) in [5.41, 5.74) is 12.5. The second kappa shape index (κ2) is 6.64. The molecule has 6 nitrogen and oxygen atoms in total. The van der Waals surface area contributed by atoms with Gasteiger partial charge in [-0.05, 0) is 37.9 Å². The molecule has 0 spiro atoms. The Hall–Kier alpha value is -1.99. The average Bonchev–Trinajstić information content (AvgIpc) is 2.45. The van der Waals surface area contributed by atoms with Crippen molar-refractivity contribution in [1.82, 2.24) is 15.3 Å². The second-order valence-corrected chi connectivity index (χ2v) is 5.49. The largest absolute Gasteiger partial charge is 0.496 e. The highest BCUT2D eigenvalue weighted by Crippen LogP contribution is 2.37. The van der Waals surface area contributed by atoms with Crippen molar-refractivity contribution in [1.29, 1.82) is 0 Å². The van der Waals surface area contributed by atoms with Crippen LogP contribution in [-0.4, -0.2) is 24.1 Å². The predicted molar refractivity (Wildman–Crippen MR) is 85.4 cm³/mol. The summed E-state index contributed by atoms with van der Waals surface area (Å²) in [6.45, 7) is 2.07. The highest BCUT2D eigenvalue weighted by Gasteiger charge is 2.16. The van der Waals surface area contributed by atoms with Crippen LogP contribution < -0.4 is 21.5 Å². The zero-order valence-corrected chi connectivity index (χ0v) is 13.1. The molecular formula is C14H19N5OS. The highest BCUT2D eigenvalue weighted by molar-refractivity contribution is 7.99. The lowest BCUT2D eigenvalue weighted by atomic mass is 10.1. The number of hydrogen-bond donors (Lipinski definition) is 3. The van der Waals surface area contributed by atoms with Crippen LogP contribution in [0, 0.1) is 0 Å². The van der Waals surface area contributed by atoms with Crippen molar-refractivity contribution in [2.24, 2.45) is 0 Å². The van der Waals surface area contributed by atoms with Crippen molar-refractivity contribution < 1.29 is 4.74 Å². The zero-order valence-electron chi connectivity index (χ0n) is 12.3. The lowest BCUT2D eigenvalue weighted by molar-refractivity contribution is 0.401. The maximum absolute atomic E-state index is 5.71. The first-order valence-electron chi connectivity index (χ1n) is 6.47. The molecule has 0 bridgehead atoms. The van der Waals surface area contributed by atoms with Crippen molar-refractivity contribution in [3.63, 3.8) is 0 Å². The summed E-state index contributed by atoms with van der Waals surface area (Å²) in [6.07, 6.45) is 0. The van der Waals surface area contributed by atoms with Gasteiger partial charge in [0.15, 0.2) is 5.16 Å². The van der Waals surface area contributed by atoms with E-state index in [-0.39, 0.29) is 6.04 Å². The number of nitrogens with one attached hydrogen (secondary N) is 1. The van der Waals surface area contributed by atoms with Gasteiger partial charge in [0.05, 0.1) is 7.11 Å². The lowest BCUT2D eigenvalue weighted by Crippen LogP contribution is -2.14. The normalized spacial score (nSPS) is 12.1. The Morgan fingerprint density at radius 3 is 2.48 bits per heavy atom. The molecule has 1 aromatic heterocycles. The van der Waals surface area contributed by atoms with Crippen LogP contribution in [0.15, 0.2) is 34.3 Å². The standard InChI is InChI=1S/C14H19N5OS/c1-8(17-2)13-9(20-3)5-4-6-10(13)21-14-18-11(15)7-12(16)19-14/h4-8,17H,1-3H3,(H4,15,16,18,19). The zero-order chi connectivity index (χ0) is 15.4. The number of rotatable bonds is 5. The fourth-order valence-electron chi connectivity index (χ4n) is 1.97. The molecule has 0 saturated heterocycles. The van der Waals surface area contributed by atoms with Gasteiger partial charge in [-0.1, -0.05) is 6.07 Å². The molecule has 5 N–H and O–H groups in total. The third-order valence-electron chi connectivity index (χ3n) is 3.06. The molecule has 21 heavy (non-hydrogen) atoms. The van der Waals surface area contributed by atoms with Crippen LogP contribution in [0.25, 0.3) is 0 Å². The third-order valence-corrected chi connectivity index (χ3v) is 4.00. The van der Waals surface area contributed by atoms with Crippen LogP contribution in [0.4, 0.5) is 11.6 Å². The number of aromatic nitrogens is 2. The van der Waals surface area contributed by atoms with Crippen LogP contribution >= 0.6 is 11.8 Å². The molecule has 0 amide bonds. The van der Waals surface area contributed by atoms with Gasteiger partial charge < -0.3 is 21.5 Å². The van der Waals surface area contributed by atoms with Gasteiger partial charge in [0, 0.05) is 22.6 Å². The van der Waals surface area contributed by atoms with E-state index in [4.69, 9.17) is 16.2 Å². The molecule has 0 aliphatic heterocycles. The van der Waals surface area contributed by atoms with E-state index in [2.05, 4.69) is 22.2 Å². The minimum absolute atomic E-state index is 0.127. The number of nitrogens with zero attached hydrogens (tertiary/aromatic N) is 2. The van der Waals surface area contributed by atoms with Gasteiger partial charge in [0.2, 0.25) is 0 Å². The molecule has 112 valence electrons. The van der Waals surface area contributed by atoms with Crippen molar-refractivity contribution >= 4 is 23.4 Å². The number of benzene rings is 1. The topological polar surface area (TPSA) is 99.1 Å². The molecule has 0 fully saturated rings. The average molecular weight is 305 g/mol. The molecule has 0 saturated carbocycles. The Labute approximate surface area is 128 Å². The Morgan fingerprint density at radius 2 is 1.90 bits per heavy atom. The fourth-order valence-corrected chi connectivity index (χ4v) is 3.00. The van der Waals surface area contributed by atoms with E-state index in [1.807, 2.05) is 25.2 Å². The smallest absolute Gasteiger partial charge is 0.196 e. The maximum atomic E-state index is 5.71. The molecule has 2 aromatic rings. The van der Waals surface area contributed by atoms with Crippen molar-refractivity contribution in [2.45, 2.75) is 23.0 Å². The van der Waals surface area contributed by atoms with Gasteiger partial charge >= 0.3 is 0 Å². The summed E-state index contributed by atoms with van der Waals surface area (Å²) in [4.78, 5) is 9.40. The van der Waals surface area contributed by atoms with Gasteiger partial charge in [-0.3, -0.25) is 0 Å². The van der Waals surface area contributed by atoms with E-state index in [0.717, 1.165) is 16.2 Å². The Morgan fingerprint density at radius 1 is 1.24 bits per heavy atom. The molecule has 2 rings (SSSR count). The molecule has 0 radical (unpaired) electrons. The summed E-state index contributed by atoms with van der Waals surface area (Å²) < 4.78 is 5.45. The Balaban J connectivity index is 2.43. The number of nitrogens with two attached hydrogens (primary N) is 2. The van der Waals surface area contributed by atoms with E-state index in [0.29, 0.717) is 16.8 Å². The molecule has 1 unspecified atom stereocenters. The number of anilines is 2. The minimum atomic E-state index is 0.127. The summed E-state index contributed by atoms with van der Waals surface area (Å²) >= 11 is 1.41. The first-order chi connectivity index (χ1) is 10.0. The minimum Gasteiger partial charge on any atom is -0.496 e. The van der Waals surface area contributed by atoms with Crippen LogP contribution in [-0.2, 0) is 0 Å². The van der Waals surface area contributed by atoms with Crippen LogP contribution in [0.1, 0.15) is 18.5 Å². The van der Waals surface area contributed by atoms with Gasteiger partial charge in [-0.15, -0.1) is 0 Å². The number of nitrogen functional groups attached to an aromatic ring is 2. The van der Waals surface area contributed by atoms with Gasteiger partial charge in [-0.25, -0.2) is 9.97 Å². The lowest BCUT2D eigenvalue weighted by Gasteiger charge is -2.18. The van der Waals surface area contributed by atoms with Gasteiger partial charge in [0.1, 0.15) is 17.4 Å². The van der Waals surface area contributed by atoms with Gasteiger partial charge in [0.25, 0.3) is 0 Å². The van der Waals surface area contributed by atoms with E-state index < -0.39 is 0 Å². The first-order valence-corrected chi connectivity index (χ1v) is 7.28. The third kappa shape index (κ3) is 3.56. The highest BCUT2D eigenvalue weighted by atomic mass is 32.2. The predicted octanol–water partition coefficient (Wildman–Crippen LogP) is 2.08. The molecule has 1 heterocycles. The molecule has 7 heteroatoms. The van der Waals surface area contributed by atoms with E-state index in [9.17, 15) is 0 Å². The Kier molecular flexibility index (Phi) is 4.87. The molecular weight excluding hydrogens is 286 g/mol. The number of ether oxygens (including phenoxy) is 1. The summed E-state index contributed by atoms with van der Waals surface area (Å²) in [6, 6.07) is 7.53. The molecule has 1 aromatic carbocycles. The van der Waals surface area contributed by atoms with E-state index in [1.165, 1.54) is 17.8 Å². The number of methoxy groups -OCH3 is 1. The summed E-state index contributed by atoms with van der Waals surface area (Å²) in [5.74, 6) is 1.53. The van der Waals surface area contributed by atoms with E-state index in [1.54, 1.807) is 7.11 Å². The summed E-state index contributed by atoms with van der Waals surface area (Å²) in [5, 5.41) is 3.74. The monoisotopic (exact) mass is 305 g/mol. The van der Waals surface area contributed by atoms with Crippen molar-refractivity contribution in [3.8, 4) is 5.75 Å². The Bertz CT molecular complexity index is 615. The first kappa shape index (κ1) is 15.4. The maximum Gasteiger partial charge on any atom is 0.196 e. The summed E-state index contributed by atoms with van der Waals surface area (Å²) in [7, 11) is 3.56. The second-order valence-electron chi connectivity index (χ2n) is 4.48.